The molecule has 7 heteroatoms. The number of carbonyl (C=O) groups excluding carboxylic acids is 1. The summed E-state index contributed by atoms with van der Waals surface area (Å²) < 4.78 is 10.4. The van der Waals surface area contributed by atoms with Crippen LogP contribution in [0, 0.1) is 0 Å². The molecule has 0 radical (unpaired) electrons. The van der Waals surface area contributed by atoms with E-state index >= 15 is 0 Å². The number of hydrogen-bond acceptors (Lipinski definition) is 7. The molecule has 2 rings (SSSR count). The number of aryl methyl sites for hydroxylation is 2. The molecule has 0 atom stereocenters. The fraction of sp³-hybridized carbons (Fsp3) is 0.471. The lowest BCUT2D eigenvalue weighted by atomic mass is 10.1. The van der Waals surface area contributed by atoms with Crippen molar-refractivity contribution in [2.75, 3.05) is 24.2 Å². The van der Waals surface area contributed by atoms with Gasteiger partial charge in [-0.25, -0.2) is 9.78 Å². The molecule has 0 aromatic carbocycles. The Morgan fingerprint density at radius 2 is 2.17 bits per heavy atom. The molecule has 24 heavy (non-hydrogen) atoms. The van der Waals surface area contributed by atoms with Crippen molar-refractivity contribution in [1.82, 2.24) is 9.97 Å². The summed E-state index contributed by atoms with van der Waals surface area (Å²) in [6.07, 6.45) is 5.21. The summed E-state index contributed by atoms with van der Waals surface area (Å²) in [5.41, 5.74) is 6.64. The zero-order valence-corrected chi connectivity index (χ0v) is 14.2. The molecule has 0 unspecified atom stereocenters. The second-order valence-corrected chi connectivity index (χ2v) is 5.37. The van der Waals surface area contributed by atoms with Gasteiger partial charge in [-0.05, 0) is 31.9 Å². The average Bonchev–Trinajstić information content (AvgIpc) is 3.04. The molecule has 0 saturated carbocycles. The van der Waals surface area contributed by atoms with Crippen LogP contribution in [-0.2, 0) is 17.6 Å². The number of anilines is 2. The number of furan rings is 1. The third-order valence-electron chi connectivity index (χ3n) is 3.48. The Balaban J connectivity index is 1.99. The van der Waals surface area contributed by atoms with Gasteiger partial charge in [0.15, 0.2) is 0 Å². The van der Waals surface area contributed by atoms with Gasteiger partial charge in [0, 0.05) is 24.7 Å². The topological polar surface area (TPSA) is 103 Å². The third kappa shape index (κ3) is 4.97. The predicted octanol–water partition coefficient (Wildman–Crippen LogP) is 2.83. The number of hydrogen-bond donors (Lipinski definition) is 2. The van der Waals surface area contributed by atoms with Crippen molar-refractivity contribution in [2.24, 2.45) is 0 Å². The first-order valence-electron chi connectivity index (χ1n) is 8.25. The number of nitrogen functional groups attached to an aromatic ring is 1. The van der Waals surface area contributed by atoms with E-state index in [4.69, 9.17) is 14.9 Å². The number of nitrogens with zero attached hydrogens (tertiary/aromatic N) is 2. The van der Waals surface area contributed by atoms with Crippen LogP contribution >= 0.6 is 0 Å². The number of nitrogens with two attached hydrogens (primary N) is 1. The van der Waals surface area contributed by atoms with E-state index in [9.17, 15) is 4.79 Å². The first kappa shape index (κ1) is 17.8. The second-order valence-electron chi connectivity index (χ2n) is 5.37. The SMILES string of the molecule is CCCCNc1nc(N)ncc1CCc1ccc(C(=O)OCC)o1. The number of rotatable bonds is 9. The number of nitrogens with one attached hydrogen (secondary N) is 1. The lowest BCUT2D eigenvalue weighted by Gasteiger charge is -2.10. The van der Waals surface area contributed by atoms with Crippen LogP contribution in [0.3, 0.4) is 0 Å². The van der Waals surface area contributed by atoms with E-state index in [2.05, 4.69) is 22.2 Å². The van der Waals surface area contributed by atoms with Crippen molar-refractivity contribution in [3.05, 3.63) is 35.4 Å². The highest BCUT2D eigenvalue weighted by molar-refractivity contribution is 5.86. The highest BCUT2D eigenvalue weighted by Gasteiger charge is 2.13. The van der Waals surface area contributed by atoms with Gasteiger partial charge in [0.05, 0.1) is 6.61 Å². The standard InChI is InChI=1S/C17H24N4O3/c1-3-5-10-19-15-12(11-20-17(18)21-15)6-7-13-8-9-14(24-13)16(22)23-4-2/h8-9,11H,3-7,10H2,1-2H3,(H3,18,19,20,21). The van der Waals surface area contributed by atoms with Gasteiger partial charge in [0.1, 0.15) is 11.6 Å². The molecule has 7 nitrogen and oxygen atoms in total. The second kappa shape index (κ2) is 8.90. The zero-order valence-electron chi connectivity index (χ0n) is 14.2. The number of ether oxygens (including phenoxy) is 1. The van der Waals surface area contributed by atoms with Crippen LogP contribution in [0.15, 0.2) is 22.7 Å². The van der Waals surface area contributed by atoms with Crippen LogP contribution in [0.5, 0.6) is 0 Å². The molecular formula is C17H24N4O3. The van der Waals surface area contributed by atoms with E-state index in [0.717, 1.165) is 36.5 Å². The lowest BCUT2D eigenvalue weighted by Crippen LogP contribution is -2.09. The maximum absolute atomic E-state index is 11.6. The smallest absolute Gasteiger partial charge is 0.374 e. The van der Waals surface area contributed by atoms with Crippen molar-refractivity contribution in [1.29, 1.82) is 0 Å². The van der Waals surface area contributed by atoms with E-state index in [0.29, 0.717) is 19.4 Å². The maximum atomic E-state index is 11.6. The number of aromatic nitrogens is 2. The molecule has 0 aliphatic carbocycles. The quantitative estimate of drug-likeness (QED) is 0.537. The Hall–Kier alpha value is -2.57. The van der Waals surface area contributed by atoms with Gasteiger partial charge in [0.2, 0.25) is 11.7 Å². The Labute approximate surface area is 141 Å². The van der Waals surface area contributed by atoms with Crippen LogP contribution < -0.4 is 11.1 Å². The molecule has 2 aromatic heterocycles. The van der Waals surface area contributed by atoms with Gasteiger partial charge in [-0.2, -0.15) is 4.98 Å². The van der Waals surface area contributed by atoms with Gasteiger partial charge in [-0.1, -0.05) is 13.3 Å². The molecule has 2 aromatic rings. The summed E-state index contributed by atoms with van der Waals surface area (Å²) in [6, 6.07) is 3.42. The van der Waals surface area contributed by atoms with Gasteiger partial charge in [0.25, 0.3) is 0 Å². The van der Waals surface area contributed by atoms with Gasteiger partial charge in [-0.15, -0.1) is 0 Å². The fourth-order valence-electron chi connectivity index (χ4n) is 2.22. The third-order valence-corrected chi connectivity index (χ3v) is 3.48. The molecule has 0 fully saturated rings. The van der Waals surface area contributed by atoms with Crippen LogP contribution in [0.4, 0.5) is 11.8 Å². The van der Waals surface area contributed by atoms with Crippen molar-refractivity contribution < 1.29 is 13.9 Å². The molecule has 0 bridgehead atoms. The number of carbonyl (C=O) groups is 1. The molecule has 0 spiro atoms. The molecule has 0 amide bonds. The van der Waals surface area contributed by atoms with Gasteiger partial charge >= 0.3 is 5.97 Å². The molecule has 2 heterocycles. The summed E-state index contributed by atoms with van der Waals surface area (Å²) in [4.78, 5) is 19.9. The maximum Gasteiger partial charge on any atom is 0.374 e. The van der Waals surface area contributed by atoms with Crippen molar-refractivity contribution in [3.63, 3.8) is 0 Å². The Bertz CT molecular complexity index is 670. The molecule has 130 valence electrons. The first-order chi connectivity index (χ1) is 11.6. The summed E-state index contributed by atoms with van der Waals surface area (Å²) in [5.74, 6) is 1.51. The summed E-state index contributed by atoms with van der Waals surface area (Å²) in [6.45, 7) is 5.06. The highest BCUT2D eigenvalue weighted by Crippen LogP contribution is 2.17. The largest absolute Gasteiger partial charge is 0.460 e. The van der Waals surface area contributed by atoms with Gasteiger partial charge in [-0.3, -0.25) is 0 Å². The van der Waals surface area contributed by atoms with Crippen LogP contribution in [0.25, 0.3) is 0 Å². The van der Waals surface area contributed by atoms with Crippen molar-refractivity contribution >= 4 is 17.7 Å². The molecule has 0 aliphatic rings. The van der Waals surface area contributed by atoms with E-state index in [1.54, 1.807) is 25.3 Å². The van der Waals surface area contributed by atoms with Crippen molar-refractivity contribution in [3.8, 4) is 0 Å². The van der Waals surface area contributed by atoms with E-state index in [1.807, 2.05) is 0 Å². The molecule has 0 aliphatic heterocycles. The Morgan fingerprint density at radius 3 is 2.92 bits per heavy atom. The fourth-order valence-corrected chi connectivity index (χ4v) is 2.22. The normalized spacial score (nSPS) is 10.6. The zero-order chi connectivity index (χ0) is 17.4. The van der Waals surface area contributed by atoms with Crippen LogP contribution in [0.1, 0.15) is 48.6 Å². The van der Waals surface area contributed by atoms with E-state index < -0.39 is 5.97 Å². The Morgan fingerprint density at radius 1 is 1.33 bits per heavy atom. The van der Waals surface area contributed by atoms with Crippen LogP contribution in [-0.4, -0.2) is 29.1 Å². The molecule has 3 N–H and O–H groups in total. The summed E-state index contributed by atoms with van der Waals surface area (Å²) >= 11 is 0. The van der Waals surface area contributed by atoms with Crippen LogP contribution in [0.2, 0.25) is 0 Å². The van der Waals surface area contributed by atoms with Crippen molar-refractivity contribution in [2.45, 2.75) is 39.5 Å². The lowest BCUT2D eigenvalue weighted by molar-refractivity contribution is 0.0488. The summed E-state index contributed by atoms with van der Waals surface area (Å²) in [5, 5.41) is 3.30. The predicted molar refractivity (Wildman–Crippen MR) is 91.9 cm³/mol. The highest BCUT2D eigenvalue weighted by atomic mass is 16.5. The molecule has 0 saturated heterocycles. The monoisotopic (exact) mass is 332 g/mol. The first-order valence-corrected chi connectivity index (χ1v) is 8.25. The Kier molecular flexibility index (Phi) is 6.60. The molecular weight excluding hydrogens is 308 g/mol. The van der Waals surface area contributed by atoms with E-state index in [1.165, 1.54) is 0 Å². The number of unbranched alkanes of at least 4 members (excludes halogenated alkanes) is 1. The minimum atomic E-state index is -0.443. The minimum absolute atomic E-state index is 0.224. The number of esters is 1. The van der Waals surface area contributed by atoms with Gasteiger partial charge < -0.3 is 20.2 Å². The average molecular weight is 332 g/mol. The minimum Gasteiger partial charge on any atom is -0.460 e. The summed E-state index contributed by atoms with van der Waals surface area (Å²) in [7, 11) is 0. The van der Waals surface area contributed by atoms with E-state index in [-0.39, 0.29) is 11.7 Å².